The van der Waals surface area contributed by atoms with Crippen LogP contribution in [-0.2, 0) is 9.47 Å². The van der Waals surface area contributed by atoms with Crippen molar-refractivity contribution < 1.29 is 14.0 Å². The lowest BCUT2D eigenvalue weighted by molar-refractivity contribution is -0.0819. The lowest BCUT2D eigenvalue weighted by atomic mass is 10.2. The number of aromatic nitrogens is 5. The lowest BCUT2D eigenvalue weighted by Crippen LogP contribution is -2.34. The van der Waals surface area contributed by atoms with Crippen molar-refractivity contribution >= 4 is 5.82 Å². The summed E-state index contributed by atoms with van der Waals surface area (Å²) < 4.78 is 16.4. The summed E-state index contributed by atoms with van der Waals surface area (Å²) >= 11 is 0. The van der Waals surface area contributed by atoms with E-state index in [-0.39, 0.29) is 6.10 Å². The molecule has 1 aliphatic rings. The summed E-state index contributed by atoms with van der Waals surface area (Å²) in [4.78, 5) is 16.7. The van der Waals surface area contributed by atoms with Gasteiger partial charge in [0, 0.05) is 30.7 Å². The molecule has 9 heteroatoms. The van der Waals surface area contributed by atoms with E-state index in [4.69, 9.17) is 14.0 Å². The van der Waals surface area contributed by atoms with Crippen LogP contribution in [0.4, 0.5) is 5.82 Å². The molecule has 0 spiro atoms. The molecule has 0 bridgehead atoms. The van der Waals surface area contributed by atoms with Crippen LogP contribution in [0.15, 0.2) is 41.6 Å². The smallest absolute Gasteiger partial charge is 0.263 e. The maximum Gasteiger partial charge on any atom is 0.263 e. The predicted molar refractivity (Wildman–Crippen MR) is 87.6 cm³/mol. The van der Waals surface area contributed by atoms with Crippen LogP contribution in [-0.4, -0.2) is 57.6 Å². The fourth-order valence-corrected chi connectivity index (χ4v) is 2.44. The predicted octanol–water partition coefficient (Wildman–Crippen LogP) is 1.42. The van der Waals surface area contributed by atoms with Crippen molar-refractivity contribution in [2.45, 2.75) is 6.10 Å². The summed E-state index contributed by atoms with van der Waals surface area (Å²) in [5, 5.41) is 7.25. The van der Waals surface area contributed by atoms with Gasteiger partial charge in [-0.05, 0) is 12.1 Å². The number of hydrogen-bond donors (Lipinski definition) is 1. The first kappa shape index (κ1) is 15.6. The normalized spacial score (nSPS) is 17.4. The molecule has 0 saturated carbocycles. The van der Waals surface area contributed by atoms with Gasteiger partial charge in [0.1, 0.15) is 17.7 Å². The zero-order chi connectivity index (χ0) is 16.9. The molecule has 4 rings (SSSR count). The Hall–Kier alpha value is -2.91. The first-order valence-corrected chi connectivity index (χ1v) is 7.88. The van der Waals surface area contributed by atoms with Gasteiger partial charge < -0.3 is 19.3 Å². The van der Waals surface area contributed by atoms with Crippen LogP contribution in [0, 0.1) is 0 Å². The van der Waals surface area contributed by atoms with Crippen LogP contribution in [0.25, 0.3) is 22.8 Å². The number of nitrogens with zero attached hydrogens (tertiary/aromatic N) is 5. The molecule has 0 unspecified atom stereocenters. The topological polar surface area (TPSA) is 108 Å². The van der Waals surface area contributed by atoms with Crippen molar-refractivity contribution in [1.29, 1.82) is 0 Å². The third kappa shape index (κ3) is 3.62. The molecule has 25 heavy (non-hydrogen) atoms. The molecule has 1 fully saturated rings. The van der Waals surface area contributed by atoms with Crippen molar-refractivity contribution in [2.75, 3.05) is 31.7 Å². The van der Waals surface area contributed by atoms with E-state index in [9.17, 15) is 0 Å². The number of nitrogens with one attached hydrogen (secondary N) is 1. The van der Waals surface area contributed by atoms with Crippen molar-refractivity contribution in [1.82, 2.24) is 25.1 Å². The average Bonchev–Trinajstić information content (AvgIpc) is 3.18. The average molecular weight is 340 g/mol. The molecule has 1 aliphatic heterocycles. The SMILES string of the molecule is c1cc(-c2noc(-c3cncnc3NC[C@@H]3COCCO3)n2)ccn1. The van der Waals surface area contributed by atoms with E-state index in [2.05, 4.69) is 30.4 Å². The monoisotopic (exact) mass is 340 g/mol. The van der Waals surface area contributed by atoms with Crippen LogP contribution in [0.3, 0.4) is 0 Å². The van der Waals surface area contributed by atoms with Gasteiger partial charge in [-0.1, -0.05) is 5.16 Å². The fourth-order valence-electron chi connectivity index (χ4n) is 2.44. The van der Waals surface area contributed by atoms with Gasteiger partial charge in [-0.15, -0.1) is 0 Å². The molecule has 1 atom stereocenters. The van der Waals surface area contributed by atoms with Crippen LogP contribution >= 0.6 is 0 Å². The maximum absolute atomic E-state index is 5.62. The van der Waals surface area contributed by atoms with E-state index < -0.39 is 0 Å². The second kappa shape index (κ2) is 7.32. The van der Waals surface area contributed by atoms with E-state index in [0.29, 0.717) is 49.5 Å². The minimum Gasteiger partial charge on any atom is -0.376 e. The second-order valence-corrected chi connectivity index (χ2v) is 5.39. The molecule has 0 aromatic carbocycles. The summed E-state index contributed by atoms with van der Waals surface area (Å²) in [5.41, 5.74) is 1.45. The number of pyridine rings is 1. The Morgan fingerprint density at radius 2 is 2.08 bits per heavy atom. The molecule has 9 nitrogen and oxygen atoms in total. The van der Waals surface area contributed by atoms with Gasteiger partial charge in [-0.3, -0.25) is 4.98 Å². The van der Waals surface area contributed by atoms with Gasteiger partial charge >= 0.3 is 0 Å². The molecular weight excluding hydrogens is 324 g/mol. The van der Waals surface area contributed by atoms with E-state index in [0.717, 1.165) is 5.56 Å². The largest absolute Gasteiger partial charge is 0.376 e. The Kier molecular flexibility index (Phi) is 4.57. The second-order valence-electron chi connectivity index (χ2n) is 5.39. The van der Waals surface area contributed by atoms with Crippen LogP contribution in [0.5, 0.6) is 0 Å². The third-order valence-electron chi connectivity index (χ3n) is 3.69. The number of anilines is 1. The first-order chi connectivity index (χ1) is 12.4. The van der Waals surface area contributed by atoms with Gasteiger partial charge in [0.2, 0.25) is 5.82 Å². The lowest BCUT2D eigenvalue weighted by Gasteiger charge is -2.23. The highest BCUT2D eigenvalue weighted by molar-refractivity contribution is 5.69. The molecular formula is C16H16N6O3. The number of rotatable bonds is 5. The Bertz CT molecular complexity index is 820. The van der Waals surface area contributed by atoms with Gasteiger partial charge in [0.15, 0.2) is 0 Å². The van der Waals surface area contributed by atoms with Gasteiger partial charge in [-0.25, -0.2) is 9.97 Å². The van der Waals surface area contributed by atoms with E-state index in [1.807, 2.05) is 12.1 Å². The van der Waals surface area contributed by atoms with E-state index in [1.54, 1.807) is 18.6 Å². The Balaban J connectivity index is 1.53. The van der Waals surface area contributed by atoms with Crippen LogP contribution < -0.4 is 5.32 Å². The van der Waals surface area contributed by atoms with E-state index >= 15 is 0 Å². The first-order valence-electron chi connectivity index (χ1n) is 7.88. The van der Waals surface area contributed by atoms with E-state index in [1.165, 1.54) is 6.33 Å². The van der Waals surface area contributed by atoms with Crippen molar-refractivity contribution in [2.24, 2.45) is 0 Å². The van der Waals surface area contributed by atoms with Crippen LogP contribution in [0.1, 0.15) is 0 Å². The highest BCUT2D eigenvalue weighted by Crippen LogP contribution is 2.26. The minimum atomic E-state index is -0.0216. The third-order valence-corrected chi connectivity index (χ3v) is 3.69. The molecule has 0 amide bonds. The van der Waals surface area contributed by atoms with Gasteiger partial charge in [0.05, 0.1) is 25.9 Å². The molecule has 0 aliphatic carbocycles. The van der Waals surface area contributed by atoms with Gasteiger partial charge in [0.25, 0.3) is 5.89 Å². The summed E-state index contributed by atoms with van der Waals surface area (Å²) in [5.74, 6) is 1.43. The van der Waals surface area contributed by atoms with Crippen molar-refractivity contribution in [3.05, 3.63) is 37.1 Å². The Labute approximate surface area is 143 Å². The molecule has 1 N–H and O–H groups in total. The summed E-state index contributed by atoms with van der Waals surface area (Å²) in [6.45, 7) is 2.35. The highest BCUT2D eigenvalue weighted by atomic mass is 16.6. The molecule has 128 valence electrons. The Morgan fingerprint density at radius 3 is 2.92 bits per heavy atom. The molecule has 3 aromatic heterocycles. The van der Waals surface area contributed by atoms with Gasteiger partial charge in [-0.2, -0.15) is 4.98 Å². The number of hydrogen-bond acceptors (Lipinski definition) is 9. The summed E-state index contributed by atoms with van der Waals surface area (Å²) in [6.07, 6.45) is 6.43. The zero-order valence-corrected chi connectivity index (χ0v) is 13.3. The maximum atomic E-state index is 5.62. The van der Waals surface area contributed by atoms with Crippen molar-refractivity contribution in [3.63, 3.8) is 0 Å². The standard InChI is InChI=1S/C16H16N6O3/c1-3-17-4-2-11(1)14-21-16(25-22-14)13-8-18-10-20-15(13)19-7-12-9-23-5-6-24-12/h1-4,8,10,12H,5-7,9H2,(H,18,19,20)/t12-/m1/s1. The minimum absolute atomic E-state index is 0.0216. The fraction of sp³-hybridized carbons (Fsp3) is 0.312. The molecule has 0 radical (unpaired) electrons. The number of ether oxygens (including phenoxy) is 2. The van der Waals surface area contributed by atoms with Crippen molar-refractivity contribution in [3.8, 4) is 22.8 Å². The van der Waals surface area contributed by atoms with Crippen LogP contribution in [0.2, 0.25) is 0 Å². The Morgan fingerprint density at radius 1 is 1.16 bits per heavy atom. The zero-order valence-electron chi connectivity index (χ0n) is 13.3. The summed E-state index contributed by atoms with van der Waals surface area (Å²) in [6, 6.07) is 3.63. The molecule has 3 aromatic rings. The summed E-state index contributed by atoms with van der Waals surface area (Å²) in [7, 11) is 0. The molecule has 4 heterocycles. The molecule has 1 saturated heterocycles. The quantitative estimate of drug-likeness (QED) is 0.737. The highest BCUT2D eigenvalue weighted by Gasteiger charge is 2.18.